The number of methoxy groups -OCH3 is 1. The molecule has 1 heterocycles. The minimum absolute atomic E-state index is 0.0857. The Morgan fingerprint density at radius 3 is 2.45 bits per heavy atom. The van der Waals surface area contributed by atoms with Crippen LogP contribution in [0.1, 0.15) is 10.4 Å². The largest absolute Gasteiger partial charge is 0.495 e. The van der Waals surface area contributed by atoms with Crippen LogP contribution in [0.25, 0.3) is 0 Å². The highest BCUT2D eigenvalue weighted by molar-refractivity contribution is 7.92. The van der Waals surface area contributed by atoms with Crippen LogP contribution in [-0.2, 0) is 14.8 Å². The third-order valence-corrected chi connectivity index (χ3v) is 6.32. The van der Waals surface area contributed by atoms with Crippen molar-refractivity contribution in [3.63, 3.8) is 0 Å². The van der Waals surface area contributed by atoms with Gasteiger partial charge in [0.15, 0.2) is 0 Å². The minimum atomic E-state index is -3.98. The number of amides is 2. The van der Waals surface area contributed by atoms with Crippen molar-refractivity contribution in [1.82, 2.24) is 0 Å². The molecule has 0 aromatic heterocycles. The van der Waals surface area contributed by atoms with Crippen molar-refractivity contribution in [2.75, 3.05) is 35.2 Å². The monoisotopic (exact) mass is 467 g/mol. The van der Waals surface area contributed by atoms with Crippen LogP contribution >= 0.6 is 0 Å². The molecule has 0 bridgehead atoms. The second kappa shape index (κ2) is 9.21. The van der Waals surface area contributed by atoms with Crippen LogP contribution in [0.4, 0.5) is 21.9 Å². The van der Waals surface area contributed by atoms with E-state index in [-0.39, 0.29) is 22.8 Å². The Morgan fingerprint density at radius 1 is 1.00 bits per heavy atom. The molecular formula is C23H21N3O6S. The molecule has 9 nitrogen and oxygen atoms in total. The lowest BCUT2D eigenvalue weighted by atomic mass is 10.2. The molecule has 0 saturated carbocycles. The topological polar surface area (TPSA) is 114 Å². The van der Waals surface area contributed by atoms with E-state index in [1.54, 1.807) is 48.5 Å². The fourth-order valence-corrected chi connectivity index (χ4v) is 4.47. The van der Waals surface area contributed by atoms with E-state index in [4.69, 9.17) is 9.47 Å². The van der Waals surface area contributed by atoms with Gasteiger partial charge in [-0.05, 0) is 42.5 Å². The van der Waals surface area contributed by atoms with E-state index in [9.17, 15) is 18.0 Å². The first kappa shape index (κ1) is 22.2. The quantitative estimate of drug-likeness (QED) is 0.548. The molecule has 1 saturated heterocycles. The standard InChI is InChI=1S/C23H21N3O6S/c1-31-21-12-5-3-10-19(21)25-33(29,30)17-8-6-7-16(15-17)22(27)24-18-9-2-4-11-20(18)26-13-14-32-23(26)28/h2-12,15,25H,13-14H2,1H3,(H,24,27). The number of benzene rings is 3. The molecule has 1 aliphatic heterocycles. The van der Waals surface area contributed by atoms with Crippen molar-refractivity contribution in [3.05, 3.63) is 78.4 Å². The lowest BCUT2D eigenvalue weighted by molar-refractivity contribution is 0.102. The summed E-state index contributed by atoms with van der Waals surface area (Å²) in [5.41, 5.74) is 1.31. The molecule has 10 heteroatoms. The summed E-state index contributed by atoms with van der Waals surface area (Å²) in [5, 5.41) is 2.75. The van der Waals surface area contributed by atoms with Gasteiger partial charge in [-0.2, -0.15) is 0 Å². The lowest BCUT2D eigenvalue weighted by Crippen LogP contribution is -2.25. The first-order valence-corrected chi connectivity index (χ1v) is 11.5. The maximum Gasteiger partial charge on any atom is 0.414 e. The average molecular weight is 468 g/mol. The Balaban J connectivity index is 1.57. The fraction of sp³-hybridized carbons (Fsp3) is 0.130. The van der Waals surface area contributed by atoms with Crippen LogP contribution in [0.15, 0.2) is 77.7 Å². The van der Waals surface area contributed by atoms with Crippen LogP contribution in [0, 0.1) is 0 Å². The highest BCUT2D eigenvalue weighted by atomic mass is 32.2. The second-order valence-corrected chi connectivity index (χ2v) is 8.75. The molecule has 33 heavy (non-hydrogen) atoms. The third-order valence-electron chi connectivity index (χ3n) is 4.96. The zero-order chi connectivity index (χ0) is 23.4. The van der Waals surface area contributed by atoms with Crippen molar-refractivity contribution in [2.45, 2.75) is 4.90 Å². The first-order valence-electron chi connectivity index (χ1n) is 9.99. The first-order chi connectivity index (χ1) is 15.9. The summed E-state index contributed by atoms with van der Waals surface area (Å²) < 4.78 is 38.5. The van der Waals surface area contributed by atoms with Gasteiger partial charge >= 0.3 is 6.09 Å². The van der Waals surface area contributed by atoms with E-state index in [1.807, 2.05) is 0 Å². The smallest absolute Gasteiger partial charge is 0.414 e. The third kappa shape index (κ3) is 4.75. The Morgan fingerprint density at radius 2 is 1.73 bits per heavy atom. The number of carbonyl (C=O) groups is 2. The van der Waals surface area contributed by atoms with E-state index in [2.05, 4.69) is 10.0 Å². The number of para-hydroxylation sites is 4. The predicted octanol–water partition coefficient (Wildman–Crippen LogP) is 3.70. The predicted molar refractivity (Wildman–Crippen MR) is 123 cm³/mol. The highest BCUT2D eigenvalue weighted by Gasteiger charge is 2.26. The summed E-state index contributed by atoms with van der Waals surface area (Å²) in [6, 6.07) is 19.1. The van der Waals surface area contributed by atoms with Crippen LogP contribution in [0.2, 0.25) is 0 Å². The lowest BCUT2D eigenvalue weighted by Gasteiger charge is -2.18. The van der Waals surface area contributed by atoms with Gasteiger partial charge in [-0.25, -0.2) is 13.2 Å². The van der Waals surface area contributed by atoms with Gasteiger partial charge in [0.25, 0.3) is 15.9 Å². The maximum absolute atomic E-state index is 12.9. The number of hydrogen-bond donors (Lipinski definition) is 2. The average Bonchev–Trinajstić information content (AvgIpc) is 3.25. The molecule has 1 fully saturated rings. The zero-order valence-electron chi connectivity index (χ0n) is 17.6. The summed E-state index contributed by atoms with van der Waals surface area (Å²) >= 11 is 0. The van der Waals surface area contributed by atoms with Gasteiger partial charge in [0.2, 0.25) is 0 Å². The number of anilines is 3. The number of hydrogen-bond acceptors (Lipinski definition) is 6. The second-order valence-electron chi connectivity index (χ2n) is 7.07. The highest BCUT2D eigenvalue weighted by Crippen LogP contribution is 2.29. The molecule has 2 N–H and O–H groups in total. The summed E-state index contributed by atoms with van der Waals surface area (Å²) in [6.07, 6.45) is -0.493. The van der Waals surface area contributed by atoms with Crippen molar-refractivity contribution in [1.29, 1.82) is 0 Å². The molecule has 4 rings (SSSR count). The van der Waals surface area contributed by atoms with Crippen molar-refractivity contribution in [2.24, 2.45) is 0 Å². The summed E-state index contributed by atoms with van der Waals surface area (Å²) in [4.78, 5) is 26.2. The number of carbonyl (C=O) groups excluding carboxylic acids is 2. The Labute approximate surface area is 191 Å². The van der Waals surface area contributed by atoms with Crippen molar-refractivity contribution in [3.8, 4) is 5.75 Å². The van der Waals surface area contributed by atoms with E-state index in [0.29, 0.717) is 23.7 Å². The summed E-state index contributed by atoms with van der Waals surface area (Å²) in [6.45, 7) is 0.633. The van der Waals surface area contributed by atoms with Crippen LogP contribution in [0.5, 0.6) is 5.75 Å². The molecule has 170 valence electrons. The van der Waals surface area contributed by atoms with Crippen LogP contribution < -0.4 is 19.7 Å². The molecule has 0 unspecified atom stereocenters. The van der Waals surface area contributed by atoms with E-state index < -0.39 is 22.0 Å². The molecule has 3 aromatic carbocycles. The SMILES string of the molecule is COc1ccccc1NS(=O)(=O)c1cccc(C(=O)Nc2ccccc2N2CCOC2=O)c1. The van der Waals surface area contributed by atoms with Gasteiger partial charge < -0.3 is 14.8 Å². The number of nitrogens with one attached hydrogen (secondary N) is 2. The van der Waals surface area contributed by atoms with Gasteiger partial charge in [0, 0.05) is 5.56 Å². The number of ether oxygens (including phenoxy) is 2. The van der Waals surface area contributed by atoms with Crippen LogP contribution in [-0.4, -0.2) is 40.7 Å². The molecule has 3 aromatic rings. The Kier molecular flexibility index (Phi) is 6.18. The maximum atomic E-state index is 12.9. The van der Waals surface area contributed by atoms with Gasteiger partial charge in [0.1, 0.15) is 12.4 Å². The van der Waals surface area contributed by atoms with E-state index >= 15 is 0 Å². The molecule has 2 amide bonds. The number of nitrogens with zero attached hydrogens (tertiary/aromatic N) is 1. The van der Waals surface area contributed by atoms with Crippen LogP contribution in [0.3, 0.4) is 0 Å². The number of sulfonamides is 1. The van der Waals surface area contributed by atoms with Gasteiger partial charge in [-0.1, -0.05) is 30.3 Å². The molecule has 0 atom stereocenters. The van der Waals surface area contributed by atoms with E-state index in [0.717, 1.165) is 0 Å². The van der Waals surface area contributed by atoms with Gasteiger partial charge in [-0.3, -0.25) is 14.4 Å². The number of rotatable bonds is 7. The molecule has 0 aliphatic carbocycles. The zero-order valence-corrected chi connectivity index (χ0v) is 18.5. The van der Waals surface area contributed by atoms with Gasteiger partial charge in [-0.15, -0.1) is 0 Å². The fourth-order valence-electron chi connectivity index (χ4n) is 3.36. The molecule has 0 radical (unpaired) electrons. The Bertz CT molecular complexity index is 1310. The minimum Gasteiger partial charge on any atom is -0.495 e. The van der Waals surface area contributed by atoms with E-state index in [1.165, 1.54) is 36.3 Å². The summed E-state index contributed by atoms with van der Waals surface area (Å²) in [7, 11) is -2.54. The van der Waals surface area contributed by atoms with Gasteiger partial charge in [0.05, 0.1) is 35.6 Å². The number of cyclic esters (lactones) is 1. The molecule has 0 spiro atoms. The Hall–Kier alpha value is -4.05. The molecule has 1 aliphatic rings. The van der Waals surface area contributed by atoms with Crippen molar-refractivity contribution < 1.29 is 27.5 Å². The molecular weight excluding hydrogens is 446 g/mol. The normalized spacial score (nSPS) is 13.4. The van der Waals surface area contributed by atoms with Crippen molar-refractivity contribution >= 4 is 39.1 Å². The summed E-state index contributed by atoms with van der Waals surface area (Å²) in [5.74, 6) is -0.156.